The highest BCUT2D eigenvalue weighted by molar-refractivity contribution is 5.92. The Labute approximate surface area is 325 Å². The molecule has 302 valence electrons. The van der Waals surface area contributed by atoms with Crippen LogP contribution in [-0.4, -0.2) is 77.1 Å². The third-order valence-corrected chi connectivity index (χ3v) is 6.76. The number of hydrogen-bond acceptors (Lipinski definition) is 5. The van der Waals surface area contributed by atoms with E-state index in [1.807, 2.05) is 109 Å². The third-order valence-electron chi connectivity index (χ3n) is 6.76. The fraction of sp³-hybridized carbons (Fsp3) is 0.533. The van der Waals surface area contributed by atoms with Gasteiger partial charge >= 0.3 is 11.9 Å². The monoisotopic (exact) mass is 740 g/mol. The third kappa shape index (κ3) is 39.0. The lowest BCUT2D eigenvalue weighted by atomic mass is 10.0. The Hall–Kier alpha value is -4.01. The first-order valence-corrected chi connectivity index (χ1v) is 19.8. The highest BCUT2D eigenvalue weighted by atomic mass is 16.4. The maximum atomic E-state index is 12.3. The highest BCUT2D eigenvalue weighted by Crippen LogP contribution is 2.12. The Kier molecular flexibility index (Phi) is 44.6. The van der Waals surface area contributed by atoms with Crippen molar-refractivity contribution in [2.45, 2.75) is 115 Å². The van der Waals surface area contributed by atoms with Crippen molar-refractivity contribution in [2.75, 3.05) is 44.6 Å². The summed E-state index contributed by atoms with van der Waals surface area (Å²) in [5.74, 6) is -0.927. The molecule has 0 spiro atoms. The summed E-state index contributed by atoms with van der Waals surface area (Å²) in [5.41, 5.74) is 2.06. The van der Waals surface area contributed by atoms with Crippen molar-refractivity contribution in [3.63, 3.8) is 0 Å². The number of unbranched alkanes of at least 4 members (excludes halogenated alkanes) is 2. The lowest BCUT2D eigenvalue weighted by Gasteiger charge is -2.25. The molecule has 0 unspecified atom stereocenters. The van der Waals surface area contributed by atoms with E-state index in [1.165, 1.54) is 10.5 Å². The zero-order valence-electron chi connectivity index (χ0n) is 35.5. The molecule has 0 radical (unpaired) electrons. The molecule has 3 N–H and O–H groups in total. The molecule has 0 aliphatic carbocycles. The molecular weight excluding hydrogens is 663 g/mol. The molecular formula is C45H77N3O5. The minimum absolute atomic E-state index is 0.0729. The number of para-hydroxylation sites is 1. The number of aliphatic carboxylic acids is 2. The number of amides is 1. The highest BCUT2D eigenvalue weighted by Gasteiger charge is 2.17. The van der Waals surface area contributed by atoms with Crippen LogP contribution in [0.15, 0.2) is 97.1 Å². The second kappa shape index (κ2) is 42.4. The zero-order chi connectivity index (χ0) is 41.3. The molecule has 0 aliphatic rings. The predicted octanol–water partition coefficient (Wildman–Crippen LogP) is 11.2. The Morgan fingerprint density at radius 1 is 0.528 bits per heavy atom. The largest absolute Gasteiger partial charge is 0.480 e. The number of nitrogens with zero attached hydrogens (tertiary/aromatic N) is 2. The average molecular weight is 740 g/mol. The Bertz CT molecular complexity index is 1150. The average Bonchev–Trinajstić information content (AvgIpc) is 3.18. The lowest BCUT2D eigenvalue weighted by Crippen LogP contribution is -2.43. The summed E-state index contributed by atoms with van der Waals surface area (Å²) in [5, 5.41) is 21.1. The molecule has 0 bridgehead atoms. The van der Waals surface area contributed by atoms with Crippen LogP contribution >= 0.6 is 0 Å². The summed E-state index contributed by atoms with van der Waals surface area (Å²) in [6.07, 6.45) is 4.20. The van der Waals surface area contributed by atoms with Gasteiger partial charge in [0.05, 0.1) is 19.6 Å². The second-order valence-corrected chi connectivity index (χ2v) is 11.7. The first-order valence-electron chi connectivity index (χ1n) is 19.8. The van der Waals surface area contributed by atoms with Gasteiger partial charge in [-0.2, -0.15) is 0 Å². The Balaban J connectivity index is -0.000000420. The molecule has 0 heterocycles. The molecule has 3 aromatic rings. The van der Waals surface area contributed by atoms with Crippen LogP contribution in [0, 0.1) is 5.92 Å². The molecule has 8 nitrogen and oxygen atoms in total. The van der Waals surface area contributed by atoms with E-state index in [1.54, 1.807) is 24.3 Å². The smallest absolute Gasteiger partial charge is 0.317 e. The van der Waals surface area contributed by atoms with E-state index in [0.717, 1.165) is 25.7 Å². The van der Waals surface area contributed by atoms with Gasteiger partial charge in [0, 0.05) is 18.8 Å². The number of carboxylic acids is 2. The van der Waals surface area contributed by atoms with Gasteiger partial charge in [0.15, 0.2) is 0 Å². The van der Waals surface area contributed by atoms with Crippen LogP contribution in [-0.2, 0) is 14.4 Å². The molecule has 0 aliphatic heterocycles. The minimum Gasteiger partial charge on any atom is -0.480 e. The van der Waals surface area contributed by atoms with Gasteiger partial charge in [0.25, 0.3) is 0 Å². The topological polar surface area (TPSA) is 110 Å². The summed E-state index contributed by atoms with van der Waals surface area (Å²) >= 11 is 0. The van der Waals surface area contributed by atoms with E-state index in [-0.39, 0.29) is 25.5 Å². The van der Waals surface area contributed by atoms with Crippen molar-refractivity contribution in [3.05, 3.63) is 103 Å². The molecule has 3 rings (SSSR count). The van der Waals surface area contributed by atoms with Crippen LogP contribution in [0.5, 0.6) is 0 Å². The fourth-order valence-corrected chi connectivity index (χ4v) is 4.36. The lowest BCUT2D eigenvalue weighted by molar-refractivity contribution is -0.140. The summed E-state index contributed by atoms with van der Waals surface area (Å²) in [7, 11) is 0. The summed E-state index contributed by atoms with van der Waals surface area (Å²) in [6, 6.07) is 31.5. The van der Waals surface area contributed by atoms with Crippen LogP contribution in [0.25, 0.3) is 0 Å². The van der Waals surface area contributed by atoms with E-state index in [4.69, 9.17) is 10.2 Å². The molecule has 0 fully saturated rings. The number of hydrogen-bond donors (Lipinski definition) is 3. The zero-order valence-corrected chi connectivity index (χ0v) is 35.5. The van der Waals surface area contributed by atoms with E-state index < -0.39 is 11.9 Å². The first-order chi connectivity index (χ1) is 25.6. The number of carbonyl (C=O) groups excluding carboxylic acids is 1. The van der Waals surface area contributed by atoms with Gasteiger partial charge in [0.2, 0.25) is 5.91 Å². The normalized spacial score (nSPS) is 9.43. The number of benzene rings is 3. The van der Waals surface area contributed by atoms with E-state index in [9.17, 15) is 14.4 Å². The van der Waals surface area contributed by atoms with Crippen molar-refractivity contribution in [1.82, 2.24) is 9.80 Å². The number of carbonyl (C=O) groups is 3. The van der Waals surface area contributed by atoms with E-state index >= 15 is 0 Å². The summed E-state index contributed by atoms with van der Waals surface area (Å²) in [6.45, 7) is 25.7. The Morgan fingerprint density at radius 2 is 0.925 bits per heavy atom. The van der Waals surface area contributed by atoms with Gasteiger partial charge in [0.1, 0.15) is 0 Å². The standard InChI is InChI=1S/C22H35N3O5.C9H12.C6H6.4C2H6/c1-18(2)9-5-4-8-12-24(16-21(27)28)13-14-25(17-22(29)30)15-20(26)23-19-10-6-3-7-11-19;1-8(2)9-6-4-3-5-7-9;1-2-4-6-5-3-1;4*1-2/h3,6-7,10-11,18H,4-5,8-9,12-17H2,1-2H3,(H,23,26)(H,27,28)(H,29,30);3-8H,1-2H3;1-6H;4*1-2H3. The maximum absolute atomic E-state index is 12.3. The summed E-state index contributed by atoms with van der Waals surface area (Å²) in [4.78, 5) is 38.0. The van der Waals surface area contributed by atoms with Gasteiger partial charge in [-0.25, -0.2) is 0 Å². The molecule has 0 saturated heterocycles. The van der Waals surface area contributed by atoms with Gasteiger partial charge in [-0.05, 0) is 42.5 Å². The van der Waals surface area contributed by atoms with Crippen molar-refractivity contribution in [2.24, 2.45) is 5.92 Å². The number of carboxylic acid groups (broad SMARTS) is 2. The minimum atomic E-state index is -1.03. The van der Waals surface area contributed by atoms with Crippen LogP contribution < -0.4 is 5.32 Å². The maximum Gasteiger partial charge on any atom is 0.317 e. The molecule has 0 saturated carbocycles. The van der Waals surface area contributed by atoms with Gasteiger partial charge < -0.3 is 15.5 Å². The molecule has 3 aromatic carbocycles. The van der Waals surface area contributed by atoms with Crippen LogP contribution in [0.4, 0.5) is 5.69 Å². The summed E-state index contributed by atoms with van der Waals surface area (Å²) < 4.78 is 0. The van der Waals surface area contributed by atoms with Crippen molar-refractivity contribution in [3.8, 4) is 0 Å². The quantitative estimate of drug-likeness (QED) is 0.118. The predicted molar refractivity (Wildman–Crippen MR) is 229 cm³/mol. The molecule has 8 heteroatoms. The van der Waals surface area contributed by atoms with Crippen molar-refractivity contribution >= 4 is 23.5 Å². The number of anilines is 1. The van der Waals surface area contributed by atoms with Gasteiger partial charge in [-0.3, -0.25) is 24.2 Å². The number of nitrogens with one attached hydrogen (secondary N) is 1. The molecule has 1 amide bonds. The first kappa shape index (κ1) is 55.7. The Morgan fingerprint density at radius 3 is 1.32 bits per heavy atom. The van der Waals surface area contributed by atoms with E-state index in [0.29, 0.717) is 37.2 Å². The van der Waals surface area contributed by atoms with Gasteiger partial charge in [-0.15, -0.1) is 0 Å². The molecule has 0 aromatic heterocycles. The second-order valence-electron chi connectivity index (χ2n) is 11.7. The molecule has 0 atom stereocenters. The van der Waals surface area contributed by atoms with Crippen molar-refractivity contribution < 1.29 is 24.6 Å². The molecule has 53 heavy (non-hydrogen) atoms. The fourth-order valence-electron chi connectivity index (χ4n) is 4.36. The van der Waals surface area contributed by atoms with Crippen LogP contribution in [0.2, 0.25) is 0 Å². The number of rotatable bonds is 17. The van der Waals surface area contributed by atoms with Crippen LogP contribution in [0.3, 0.4) is 0 Å². The van der Waals surface area contributed by atoms with Gasteiger partial charge in [-0.1, -0.05) is 187 Å². The van der Waals surface area contributed by atoms with Crippen LogP contribution in [0.1, 0.15) is 120 Å². The van der Waals surface area contributed by atoms with E-state index in [2.05, 4.69) is 57.3 Å². The van der Waals surface area contributed by atoms with Crippen molar-refractivity contribution in [1.29, 1.82) is 0 Å². The SMILES string of the molecule is CC.CC.CC.CC.CC(C)CCCCCN(CCN(CC(=O)O)CC(=O)Nc1ccccc1)CC(=O)O.CC(C)c1ccccc1.c1ccccc1.